The molecular weight excluding hydrogens is 210 g/mol. The van der Waals surface area contributed by atoms with Crippen LogP contribution in [-0.4, -0.2) is 39.3 Å². The van der Waals surface area contributed by atoms with E-state index in [2.05, 4.69) is 10.3 Å². The zero-order valence-electron chi connectivity index (χ0n) is 9.17. The standard InChI is InChI=1S/C10H15N3O3/c1-16-8-4-2-3-7(5-8)13-6-9(10(14)15)11-12-13/h6-8H,2-5H2,1H3,(H,14,15). The molecule has 88 valence electrons. The first kappa shape index (κ1) is 11.1. The first-order chi connectivity index (χ1) is 7.70. The van der Waals surface area contributed by atoms with Gasteiger partial charge in [-0.15, -0.1) is 5.10 Å². The Bertz CT molecular complexity index is 377. The van der Waals surface area contributed by atoms with Crippen LogP contribution in [0, 0.1) is 0 Å². The molecule has 0 aliphatic heterocycles. The highest BCUT2D eigenvalue weighted by Gasteiger charge is 2.24. The molecule has 1 saturated carbocycles. The number of methoxy groups -OCH3 is 1. The summed E-state index contributed by atoms with van der Waals surface area (Å²) >= 11 is 0. The van der Waals surface area contributed by atoms with Gasteiger partial charge in [-0.2, -0.15) is 0 Å². The van der Waals surface area contributed by atoms with Crippen molar-refractivity contribution in [1.29, 1.82) is 0 Å². The Kier molecular flexibility index (Phi) is 3.19. The second-order valence-corrected chi connectivity index (χ2v) is 4.07. The third-order valence-corrected chi connectivity index (χ3v) is 3.04. The van der Waals surface area contributed by atoms with Crippen molar-refractivity contribution in [3.8, 4) is 0 Å². The van der Waals surface area contributed by atoms with Crippen LogP contribution in [0.25, 0.3) is 0 Å². The Hall–Kier alpha value is -1.43. The Morgan fingerprint density at radius 1 is 1.62 bits per heavy atom. The molecule has 0 amide bonds. The van der Waals surface area contributed by atoms with Gasteiger partial charge in [0, 0.05) is 7.11 Å². The molecule has 1 heterocycles. The van der Waals surface area contributed by atoms with E-state index in [1.165, 1.54) is 6.20 Å². The molecule has 1 aromatic heterocycles. The van der Waals surface area contributed by atoms with E-state index < -0.39 is 5.97 Å². The molecule has 1 aliphatic rings. The predicted molar refractivity (Wildman–Crippen MR) is 55.3 cm³/mol. The molecule has 1 fully saturated rings. The van der Waals surface area contributed by atoms with E-state index in [0.29, 0.717) is 0 Å². The molecule has 2 rings (SSSR count). The fraction of sp³-hybridized carbons (Fsp3) is 0.700. The van der Waals surface area contributed by atoms with Gasteiger partial charge in [0.15, 0.2) is 5.69 Å². The summed E-state index contributed by atoms with van der Waals surface area (Å²) in [6.07, 6.45) is 5.75. The molecule has 2 unspecified atom stereocenters. The fourth-order valence-corrected chi connectivity index (χ4v) is 2.13. The maximum absolute atomic E-state index is 10.7. The van der Waals surface area contributed by atoms with Crippen LogP contribution in [0.4, 0.5) is 0 Å². The van der Waals surface area contributed by atoms with Gasteiger partial charge in [0.25, 0.3) is 0 Å². The molecule has 0 spiro atoms. The first-order valence-electron chi connectivity index (χ1n) is 5.38. The number of carbonyl (C=O) groups is 1. The van der Waals surface area contributed by atoms with Gasteiger partial charge >= 0.3 is 5.97 Å². The van der Waals surface area contributed by atoms with E-state index in [9.17, 15) is 4.79 Å². The summed E-state index contributed by atoms with van der Waals surface area (Å²) in [7, 11) is 1.71. The van der Waals surface area contributed by atoms with Crippen LogP contribution in [-0.2, 0) is 4.74 Å². The lowest BCUT2D eigenvalue weighted by molar-refractivity contribution is 0.0504. The number of aromatic carboxylic acids is 1. The minimum Gasteiger partial charge on any atom is -0.476 e. The van der Waals surface area contributed by atoms with Gasteiger partial charge in [-0.25, -0.2) is 9.48 Å². The molecule has 0 saturated heterocycles. The quantitative estimate of drug-likeness (QED) is 0.833. The maximum Gasteiger partial charge on any atom is 0.358 e. The zero-order chi connectivity index (χ0) is 11.5. The van der Waals surface area contributed by atoms with E-state index >= 15 is 0 Å². The Morgan fingerprint density at radius 2 is 2.44 bits per heavy atom. The topological polar surface area (TPSA) is 77.2 Å². The first-order valence-corrected chi connectivity index (χ1v) is 5.38. The largest absolute Gasteiger partial charge is 0.476 e. The number of carboxylic acids is 1. The Labute approximate surface area is 93.2 Å². The van der Waals surface area contributed by atoms with Gasteiger partial charge in [-0.05, 0) is 25.7 Å². The fourth-order valence-electron chi connectivity index (χ4n) is 2.13. The number of hydrogen-bond acceptors (Lipinski definition) is 4. The molecular formula is C10H15N3O3. The molecule has 1 aromatic rings. The van der Waals surface area contributed by atoms with E-state index in [1.54, 1.807) is 11.8 Å². The van der Waals surface area contributed by atoms with Crippen molar-refractivity contribution in [2.75, 3.05) is 7.11 Å². The van der Waals surface area contributed by atoms with Crippen molar-refractivity contribution in [1.82, 2.24) is 15.0 Å². The average Bonchev–Trinajstić information content (AvgIpc) is 2.78. The third-order valence-electron chi connectivity index (χ3n) is 3.04. The number of carboxylic acid groups (broad SMARTS) is 1. The summed E-state index contributed by atoms with van der Waals surface area (Å²) in [6, 6.07) is 0.208. The highest BCUT2D eigenvalue weighted by atomic mass is 16.5. The number of hydrogen-bond donors (Lipinski definition) is 1. The van der Waals surface area contributed by atoms with Gasteiger partial charge in [0.1, 0.15) is 0 Å². The lowest BCUT2D eigenvalue weighted by Crippen LogP contribution is -2.24. The Balaban J connectivity index is 2.08. The third kappa shape index (κ3) is 2.21. The van der Waals surface area contributed by atoms with Crippen molar-refractivity contribution in [2.45, 2.75) is 37.8 Å². The molecule has 0 bridgehead atoms. The van der Waals surface area contributed by atoms with Gasteiger partial charge in [-0.3, -0.25) is 0 Å². The maximum atomic E-state index is 10.7. The predicted octanol–water partition coefficient (Wildman–Crippen LogP) is 1.11. The normalized spacial score (nSPS) is 25.6. The van der Waals surface area contributed by atoms with Crippen molar-refractivity contribution in [2.24, 2.45) is 0 Å². The lowest BCUT2D eigenvalue weighted by Gasteiger charge is -2.27. The van der Waals surface area contributed by atoms with E-state index in [0.717, 1.165) is 25.7 Å². The molecule has 16 heavy (non-hydrogen) atoms. The smallest absolute Gasteiger partial charge is 0.358 e. The van der Waals surface area contributed by atoms with Crippen LogP contribution in [0.2, 0.25) is 0 Å². The second-order valence-electron chi connectivity index (χ2n) is 4.07. The van der Waals surface area contributed by atoms with E-state index in [-0.39, 0.29) is 17.8 Å². The van der Waals surface area contributed by atoms with Crippen LogP contribution < -0.4 is 0 Å². The van der Waals surface area contributed by atoms with Gasteiger partial charge < -0.3 is 9.84 Å². The second kappa shape index (κ2) is 4.61. The van der Waals surface area contributed by atoms with Crippen LogP contribution in [0.5, 0.6) is 0 Å². The zero-order valence-corrected chi connectivity index (χ0v) is 9.17. The van der Waals surface area contributed by atoms with E-state index in [1.807, 2.05) is 0 Å². The summed E-state index contributed by atoms with van der Waals surface area (Å²) in [5.41, 5.74) is -0.000426. The minimum atomic E-state index is -1.04. The van der Waals surface area contributed by atoms with Crippen LogP contribution in [0.3, 0.4) is 0 Å². The van der Waals surface area contributed by atoms with Crippen molar-refractivity contribution in [3.05, 3.63) is 11.9 Å². The van der Waals surface area contributed by atoms with E-state index in [4.69, 9.17) is 9.84 Å². The van der Waals surface area contributed by atoms with Crippen molar-refractivity contribution >= 4 is 5.97 Å². The average molecular weight is 225 g/mol. The summed E-state index contributed by atoms with van der Waals surface area (Å²) < 4.78 is 6.97. The summed E-state index contributed by atoms with van der Waals surface area (Å²) in [6.45, 7) is 0. The number of nitrogens with zero attached hydrogens (tertiary/aromatic N) is 3. The SMILES string of the molecule is COC1CCCC(n2cc(C(=O)O)nn2)C1. The molecule has 6 nitrogen and oxygen atoms in total. The molecule has 0 radical (unpaired) electrons. The molecule has 6 heteroatoms. The minimum absolute atomic E-state index is 0.000426. The molecule has 1 aliphatic carbocycles. The van der Waals surface area contributed by atoms with Gasteiger partial charge in [0.2, 0.25) is 0 Å². The number of ether oxygens (including phenoxy) is 1. The highest BCUT2D eigenvalue weighted by molar-refractivity contribution is 5.84. The van der Waals surface area contributed by atoms with Gasteiger partial charge in [-0.1, -0.05) is 5.21 Å². The highest BCUT2D eigenvalue weighted by Crippen LogP contribution is 2.29. The number of aromatic nitrogens is 3. The van der Waals surface area contributed by atoms with Crippen LogP contribution >= 0.6 is 0 Å². The monoisotopic (exact) mass is 225 g/mol. The Morgan fingerprint density at radius 3 is 3.06 bits per heavy atom. The molecule has 1 N–H and O–H groups in total. The number of rotatable bonds is 3. The summed E-state index contributed by atoms with van der Waals surface area (Å²) in [5, 5.41) is 16.2. The van der Waals surface area contributed by atoms with Crippen molar-refractivity contribution in [3.63, 3.8) is 0 Å². The van der Waals surface area contributed by atoms with Crippen LogP contribution in [0.15, 0.2) is 6.20 Å². The summed E-state index contributed by atoms with van der Waals surface area (Å²) in [5.74, 6) is -1.04. The summed E-state index contributed by atoms with van der Waals surface area (Å²) in [4.78, 5) is 10.7. The molecule has 2 atom stereocenters. The molecule has 0 aromatic carbocycles. The lowest BCUT2D eigenvalue weighted by atomic mass is 9.93. The van der Waals surface area contributed by atoms with Gasteiger partial charge in [0.05, 0.1) is 18.3 Å². The van der Waals surface area contributed by atoms with Crippen LogP contribution in [0.1, 0.15) is 42.2 Å². The van der Waals surface area contributed by atoms with Crippen molar-refractivity contribution < 1.29 is 14.6 Å².